The standard InChI is InChI=1S/C22H24FNO4S/c1-15(25)16-7-9-20(10-8-16)29(27,28)24-13-17-4-3-11-22(26,21(17)14-24)18-5-2-6-19(23)12-18/h2,5-10,12,17,21,26H,3-4,11,13-14H2,1H3. The third-order valence-corrected chi connectivity index (χ3v) is 8.22. The van der Waals surface area contributed by atoms with Crippen LogP contribution in [0.15, 0.2) is 53.4 Å². The number of carbonyl (C=O) groups is 1. The number of rotatable bonds is 4. The molecule has 0 aromatic heterocycles. The zero-order valence-electron chi connectivity index (χ0n) is 16.2. The minimum Gasteiger partial charge on any atom is -0.385 e. The summed E-state index contributed by atoms with van der Waals surface area (Å²) in [6, 6.07) is 11.9. The van der Waals surface area contributed by atoms with Crippen molar-refractivity contribution in [1.29, 1.82) is 0 Å². The number of Topliss-reactive ketones (excluding diaryl/α,β-unsaturated/α-hetero) is 1. The second-order valence-corrected chi connectivity index (χ2v) is 10.0. The molecule has 4 rings (SSSR count). The number of hydrogen-bond acceptors (Lipinski definition) is 4. The van der Waals surface area contributed by atoms with Crippen LogP contribution in [0.25, 0.3) is 0 Å². The van der Waals surface area contributed by atoms with Crippen molar-refractivity contribution in [3.05, 3.63) is 65.5 Å². The fourth-order valence-corrected chi connectivity index (χ4v) is 6.33. The number of fused-ring (bicyclic) bond motifs is 1. The highest BCUT2D eigenvalue weighted by atomic mass is 32.2. The molecule has 1 saturated heterocycles. The third-order valence-electron chi connectivity index (χ3n) is 6.38. The van der Waals surface area contributed by atoms with Crippen LogP contribution in [0.1, 0.15) is 42.1 Å². The molecule has 7 heteroatoms. The van der Waals surface area contributed by atoms with E-state index in [1.165, 1.54) is 47.6 Å². The molecule has 2 fully saturated rings. The van der Waals surface area contributed by atoms with Gasteiger partial charge in [-0.3, -0.25) is 4.79 Å². The highest BCUT2D eigenvalue weighted by molar-refractivity contribution is 7.89. The summed E-state index contributed by atoms with van der Waals surface area (Å²) < 4.78 is 41.5. The predicted molar refractivity (Wildman–Crippen MR) is 106 cm³/mol. The Morgan fingerprint density at radius 1 is 1.17 bits per heavy atom. The van der Waals surface area contributed by atoms with Crippen molar-refractivity contribution in [3.63, 3.8) is 0 Å². The second-order valence-electron chi connectivity index (χ2n) is 8.10. The van der Waals surface area contributed by atoms with Crippen LogP contribution in [-0.2, 0) is 15.6 Å². The number of halogens is 1. The van der Waals surface area contributed by atoms with Gasteiger partial charge in [-0.15, -0.1) is 0 Å². The van der Waals surface area contributed by atoms with Gasteiger partial charge in [0.05, 0.1) is 10.5 Å². The van der Waals surface area contributed by atoms with Crippen molar-refractivity contribution >= 4 is 15.8 Å². The van der Waals surface area contributed by atoms with Crippen LogP contribution in [0.3, 0.4) is 0 Å². The Bertz CT molecular complexity index is 1040. The molecule has 1 heterocycles. The van der Waals surface area contributed by atoms with Crippen LogP contribution in [0, 0.1) is 17.7 Å². The van der Waals surface area contributed by atoms with Gasteiger partial charge in [0.2, 0.25) is 10.0 Å². The molecule has 154 valence electrons. The van der Waals surface area contributed by atoms with E-state index in [-0.39, 0.29) is 29.1 Å². The van der Waals surface area contributed by atoms with Crippen molar-refractivity contribution in [2.24, 2.45) is 11.8 Å². The van der Waals surface area contributed by atoms with Gasteiger partial charge < -0.3 is 5.11 Å². The van der Waals surface area contributed by atoms with E-state index in [0.717, 1.165) is 12.8 Å². The number of ketones is 1. The van der Waals surface area contributed by atoms with Crippen molar-refractivity contribution in [2.75, 3.05) is 13.1 Å². The van der Waals surface area contributed by atoms with Gasteiger partial charge in [-0.05, 0) is 61.9 Å². The molecule has 5 nitrogen and oxygen atoms in total. The summed E-state index contributed by atoms with van der Waals surface area (Å²) in [7, 11) is -3.74. The van der Waals surface area contributed by atoms with Crippen molar-refractivity contribution in [2.45, 2.75) is 36.7 Å². The number of sulfonamides is 1. The van der Waals surface area contributed by atoms with Crippen LogP contribution in [-0.4, -0.2) is 36.7 Å². The number of benzene rings is 2. The summed E-state index contributed by atoms with van der Waals surface area (Å²) >= 11 is 0. The molecule has 1 N–H and O–H groups in total. The Hall–Kier alpha value is -2.09. The van der Waals surface area contributed by atoms with E-state index in [0.29, 0.717) is 24.1 Å². The zero-order valence-corrected chi connectivity index (χ0v) is 17.0. The molecule has 2 aromatic carbocycles. The Labute approximate surface area is 170 Å². The van der Waals surface area contributed by atoms with E-state index in [4.69, 9.17) is 0 Å². The molecule has 3 unspecified atom stereocenters. The fraction of sp³-hybridized carbons (Fsp3) is 0.409. The first-order valence-electron chi connectivity index (χ1n) is 9.81. The summed E-state index contributed by atoms with van der Waals surface area (Å²) in [6.07, 6.45) is 2.08. The molecule has 2 aliphatic rings. The largest absolute Gasteiger partial charge is 0.385 e. The molecular formula is C22H24FNO4S. The lowest BCUT2D eigenvalue weighted by Gasteiger charge is -2.41. The van der Waals surface area contributed by atoms with Crippen LogP contribution >= 0.6 is 0 Å². The van der Waals surface area contributed by atoms with Gasteiger partial charge in [0, 0.05) is 24.6 Å². The maximum atomic E-state index is 13.8. The molecule has 0 spiro atoms. The van der Waals surface area contributed by atoms with E-state index < -0.39 is 21.4 Å². The monoisotopic (exact) mass is 417 g/mol. The number of carbonyl (C=O) groups excluding carboxylic acids is 1. The van der Waals surface area contributed by atoms with E-state index in [2.05, 4.69) is 0 Å². The average molecular weight is 418 g/mol. The van der Waals surface area contributed by atoms with E-state index in [1.807, 2.05) is 0 Å². The maximum Gasteiger partial charge on any atom is 0.243 e. The zero-order chi connectivity index (χ0) is 20.8. The highest BCUT2D eigenvalue weighted by Crippen LogP contribution is 2.49. The van der Waals surface area contributed by atoms with Crippen molar-refractivity contribution in [1.82, 2.24) is 4.31 Å². The Morgan fingerprint density at radius 2 is 1.90 bits per heavy atom. The van der Waals surface area contributed by atoms with Gasteiger partial charge in [-0.1, -0.05) is 24.3 Å². The second kappa shape index (κ2) is 7.31. The topological polar surface area (TPSA) is 74.7 Å². The van der Waals surface area contributed by atoms with Gasteiger partial charge >= 0.3 is 0 Å². The minimum atomic E-state index is -3.74. The van der Waals surface area contributed by atoms with Gasteiger partial charge in [0.1, 0.15) is 5.82 Å². The summed E-state index contributed by atoms with van der Waals surface area (Å²) in [6.45, 7) is 1.95. The van der Waals surface area contributed by atoms with Crippen LogP contribution in [0.5, 0.6) is 0 Å². The lowest BCUT2D eigenvalue weighted by Crippen LogP contribution is -2.43. The van der Waals surface area contributed by atoms with Crippen molar-refractivity contribution in [3.8, 4) is 0 Å². The molecular weight excluding hydrogens is 393 g/mol. The third kappa shape index (κ3) is 3.52. The van der Waals surface area contributed by atoms with Gasteiger partial charge in [0.25, 0.3) is 0 Å². The molecule has 0 bridgehead atoms. The lowest BCUT2D eigenvalue weighted by molar-refractivity contribution is -0.0642. The smallest absolute Gasteiger partial charge is 0.243 e. The molecule has 0 radical (unpaired) electrons. The first-order valence-corrected chi connectivity index (χ1v) is 11.3. The normalized spacial score (nSPS) is 27.6. The maximum absolute atomic E-state index is 13.8. The minimum absolute atomic E-state index is 0.0169. The fourth-order valence-electron chi connectivity index (χ4n) is 4.81. The number of hydrogen-bond donors (Lipinski definition) is 1. The van der Waals surface area contributed by atoms with Gasteiger partial charge in [-0.2, -0.15) is 4.31 Å². The lowest BCUT2D eigenvalue weighted by atomic mass is 9.67. The molecule has 29 heavy (non-hydrogen) atoms. The molecule has 1 saturated carbocycles. The van der Waals surface area contributed by atoms with Gasteiger partial charge in [-0.25, -0.2) is 12.8 Å². The van der Waals surface area contributed by atoms with E-state index >= 15 is 0 Å². The summed E-state index contributed by atoms with van der Waals surface area (Å²) in [4.78, 5) is 11.6. The Balaban J connectivity index is 1.63. The van der Waals surface area contributed by atoms with Gasteiger partial charge in [0.15, 0.2) is 5.78 Å². The highest BCUT2D eigenvalue weighted by Gasteiger charge is 2.52. The summed E-state index contributed by atoms with van der Waals surface area (Å²) in [5, 5.41) is 11.5. The molecule has 2 aromatic rings. The van der Waals surface area contributed by atoms with Crippen LogP contribution in [0.2, 0.25) is 0 Å². The molecule has 1 aliphatic heterocycles. The first-order chi connectivity index (χ1) is 13.7. The first kappa shape index (κ1) is 20.2. The Morgan fingerprint density at radius 3 is 2.55 bits per heavy atom. The number of aliphatic hydroxyl groups is 1. The molecule has 1 aliphatic carbocycles. The van der Waals surface area contributed by atoms with E-state index in [9.17, 15) is 22.7 Å². The van der Waals surface area contributed by atoms with E-state index in [1.54, 1.807) is 12.1 Å². The molecule has 0 amide bonds. The quantitative estimate of drug-likeness (QED) is 0.775. The summed E-state index contributed by atoms with van der Waals surface area (Å²) in [5.41, 5.74) is -0.273. The van der Waals surface area contributed by atoms with Crippen LogP contribution < -0.4 is 0 Å². The number of nitrogens with zero attached hydrogens (tertiary/aromatic N) is 1. The predicted octanol–water partition coefficient (Wildman–Crippen LogP) is 3.34. The molecule has 3 atom stereocenters. The summed E-state index contributed by atoms with van der Waals surface area (Å²) in [5.74, 6) is -0.806. The SMILES string of the molecule is CC(=O)c1ccc(S(=O)(=O)N2CC3CCCC(O)(c4cccc(F)c4)C3C2)cc1. The van der Waals surface area contributed by atoms with Crippen molar-refractivity contribution < 1.29 is 22.7 Å². The average Bonchev–Trinajstić information content (AvgIpc) is 3.15. The van der Waals surface area contributed by atoms with Crippen LogP contribution in [0.4, 0.5) is 4.39 Å². The Kier molecular flexibility index (Phi) is 5.09.